The van der Waals surface area contributed by atoms with Gasteiger partial charge in [-0.25, -0.2) is 4.79 Å². The van der Waals surface area contributed by atoms with Gasteiger partial charge in [0.05, 0.1) is 5.56 Å². The monoisotopic (exact) mass is 294 g/mol. The summed E-state index contributed by atoms with van der Waals surface area (Å²) < 4.78 is 5.63. The van der Waals surface area contributed by atoms with Gasteiger partial charge in [0.25, 0.3) is 0 Å². The molecule has 22 heavy (non-hydrogen) atoms. The third kappa shape index (κ3) is 5.21. The number of rotatable bonds is 7. The summed E-state index contributed by atoms with van der Waals surface area (Å²) >= 11 is 0. The fourth-order valence-corrected chi connectivity index (χ4v) is 2.16. The summed E-state index contributed by atoms with van der Waals surface area (Å²) in [5, 5.41) is 0. The van der Waals surface area contributed by atoms with Crippen LogP contribution in [0.5, 0.6) is 0 Å². The quantitative estimate of drug-likeness (QED) is 0.663. The van der Waals surface area contributed by atoms with E-state index in [1.54, 1.807) is 12.1 Å². The smallest absolute Gasteiger partial charge is 0.338 e. The first-order valence-electron chi connectivity index (χ1n) is 7.79. The molecule has 0 aromatic heterocycles. The number of benzene rings is 2. The molecule has 0 radical (unpaired) electrons. The van der Waals surface area contributed by atoms with Crippen molar-refractivity contribution >= 4 is 12.0 Å². The van der Waals surface area contributed by atoms with E-state index >= 15 is 0 Å². The van der Waals surface area contributed by atoms with E-state index in [1.165, 1.54) is 0 Å². The summed E-state index contributed by atoms with van der Waals surface area (Å²) in [7, 11) is 0. The summed E-state index contributed by atoms with van der Waals surface area (Å²) in [4.78, 5) is 12.2. The lowest BCUT2D eigenvalue weighted by Gasteiger charge is -2.14. The molecule has 2 aromatic carbocycles. The first-order chi connectivity index (χ1) is 10.8. The first kappa shape index (κ1) is 16.0. The van der Waals surface area contributed by atoms with E-state index in [9.17, 15) is 4.79 Å². The van der Waals surface area contributed by atoms with Crippen LogP contribution in [0, 0.1) is 0 Å². The van der Waals surface area contributed by atoms with Crippen LogP contribution < -0.4 is 0 Å². The van der Waals surface area contributed by atoms with Crippen molar-refractivity contribution in [1.29, 1.82) is 0 Å². The molecular formula is C20H22O2. The molecular weight excluding hydrogens is 272 g/mol. The average molecular weight is 294 g/mol. The Morgan fingerprint density at radius 3 is 2.32 bits per heavy atom. The van der Waals surface area contributed by atoms with Crippen molar-refractivity contribution in [2.45, 2.75) is 32.3 Å². The van der Waals surface area contributed by atoms with Gasteiger partial charge in [0.15, 0.2) is 0 Å². The van der Waals surface area contributed by atoms with Crippen LogP contribution in [0.25, 0.3) is 6.08 Å². The maximum absolute atomic E-state index is 12.2. The van der Waals surface area contributed by atoms with Crippen LogP contribution in [0.3, 0.4) is 0 Å². The van der Waals surface area contributed by atoms with Crippen LogP contribution in [-0.2, 0) is 4.74 Å². The van der Waals surface area contributed by atoms with Crippen LogP contribution >= 0.6 is 0 Å². The Morgan fingerprint density at radius 2 is 1.68 bits per heavy atom. The van der Waals surface area contributed by atoms with Gasteiger partial charge in [0.1, 0.15) is 6.10 Å². The molecule has 114 valence electrons. The molecule has 2 heteroatoms. The summed E-state index contributed by atoms with van der Waals surface area (Å²) in [6.45, 7) is 2.14. The lowest BCUT2D eigenvalue weighted by molar-refractivity contribution is 0.0378. The molecule has 0 aliphatic heterocycles. The van der Waals surface area contributed by atoms with Crippen molar-refractivity contribution in [3.05, 3.63) is 77.9 Å². The summed E-state index contributed by atoms with van der Waals surface area (Å²) in [5.41, 5.74) is 1.71. The SMILES string of the molecule is CCCCC(/C=C/c1ccccc1)OC(=O)c1ccccc1. The maximum Gasteiger partial charge on any atom is 0.338 e. The Balaban J connectivity index is 2.03. The Hall–Kier alpha value is -2.35. The van der Waals surface area contributed by atoms with Crippen LogP contribution in [0.15, 0.2) is 66.7 Å². The molecule has 2 rings (SSSR count). The van der Waals surface area contributed by atoms with E-state index in [1.807, 2.05) is 60.7 Å². The number of esters is 1. The minimum absolute atomic E-state index is 0.187. The van der Waals surface area contributed by atoms with Gasteiger partial charge in [-0.3, -0.25) is 0 Å². The van der Waals surface area contributed by atoms with E-state index < -0.39 is 0 Å². The topological polar surface area (TPSA) is 26.3 Å². The van der Waals surface area contributed by atoms with Crippen molar-refractivity contribution < 1.29 is 9.53 Å². The van der Waals surface area contributed by atoms with E-state index in [0.717, 1.165) is 24.8 Å². The van der Waals surface area contributed by atoms with Crippen molar-refractivity contribution in [3.8, 4) is 0 Å². The molecule has 0 fully saturated rings. The Kier molecular flexibility index (Phi) is 6.43. The lowest BCUT2D eigenvalue weighted by Crippen LogP contribution is -2.16. The molecule has 1 atom stereocenters. The highest BCUT2D eigenvalue weighted by molar-refractivity contribution is 5.89. The van der Waals surface area contributed by atoms with Crippen LogP contribution in [0.2, 0.25) is 0 Å². The normalized spacial score (nSPS) is 12.2. The molecule has 1 unspecified atom stereocenters. The standard InChI is InChI=1S/C20H22O2/c1-2-3-14-19(16-15-17-10-6-4-7-11-17)22-20(21)18-12-8-5-9-13-18/h4-13,15-16,19H,2-3,14H2,1H3/b16-15+. The van der Waals surface area contributed by atoms with Crippen LogP contribution in [0.1, 0.15) is 42.1 Å². The number of ether oxygens (including phenoxy) is 1. The Morgan fingerprint density at radius 1 is 1.05 bits per heavy atom. The highest BCUT2D eigenvalue weighted by Crippen LogP contribution is 2.12. The van der Waals surface area contributed by atoms with Crippen LogP contribution in [-0.4, -0.2) is 12.1 Å². The highest BCUT2D eigenvalue weighted by atomic mass is 16.5. The molecule has 0 spiro atoms. The zero-order valence-corrected chi connectivity index (χ0v) is 12.9. The molecule has 0 saturated heterocycles. The second kappa shape index (κ2) is 8.83. The summed E-state index contributed by atoms with van der Waals surface area (Å²) in [5.74, 6) is -0.264. The second-order valence-electron chi connectivity index (χ2n) is 5.22. The maximum atomic E-state index is 12.2. The van der Waals surface area contributed by atoms with Gasteiger partial charge in [-0.2, -0.15) is 0 Å². The van der Waals surface area contributed by atoms with Crippen molar-refractivity contribution in [1.82, 2.24) is 0 Å². The van der Waals surface area contributed by atoms with E-state index in [2.05, 4.69) is 6.92 Å². The molecule has 0 bridgehead atoms. The molecule has 0 heterocycles. The molecule has 2 aromatic rings. The molecule has 0 aliphatic rings. The molecule has 0 saturated carbocycles. The van der Waals surface area contributed by atoms with Gasteiger partial charge in [-0.05, 0) is 36.6 Å². The van der Waals surface area contributed by atoms with Gasteiger partial charge in [0, 0.05) is 0 Å². The van der Waals surface area contributed by atoms with Crippen molar-refractivity contribution in [2.24, 2.45) is 0 Å². The Bertz CT molecular complexity index is 588. The third-order valence-corrected chi connectivity index (χ3v) is 3.41. The third-order valence-electron chi connectivity index (χ3n) is 3.41. The van der Waals surface area contributed by atoms with Gasteiger partial charge in [-0.1, -0.05) is 68.0 Å². The van der Waals surface area contributed by atoms with Gasteiger partial charge < -0.3 is 4.74 Å². The minimum atomic E-state index is -0.264. The van der Waals surface area contributed by atoms with E-state index in [-0.39, 0.29) is 12.1 Å². The number of carbonyl (C=O) groups is 1. The van der Waals surface area contributed by atoms with Gasteiger partial charge >= 0.3 is 5.97 Å². The van der Waals surface area contributed by atoms with Crippen molar-refractivity contribution in [3.63, 3.8) is 0 Å². The zero-order chi connectivity index (χ0) is 15.6. The van der Waals surface area contributed by atoms with E-state index in [0.29, 0.717) is 5.56 Å². The number of hydrogen-bond acceptors (Lipinski definition) is 2. The fraction of sp³-hybridized carbons (Fsp3) is 0.250. The molecule has 0 amide bonds. The van der Waals surface area contributed by atoms with Gasteiger partial charge in [-0.15, -0.1) is 0 Å². The predicted molar refractivity (Wildman–Crippen MR) is 90.6 cm³/mol. The minimum Gasteiger partial charge on any atom is -0.455 e. The predicted octanol–water partition coefficient (Wildman–Crippen LogP) is 5.12. The van der Waals surface area contributed by atoms with Gasteiger partial charge in [0.2, 0.25) is 0 Å². The zero-order valence-electron chi connectivity index (χ0n) is 12.9. The van der Waals surface area contributed by atoms with E-state index in [4.69, 9.17) is 4.74 Å². The van der Waals surface area contributed by atoms with Crippen molar-refractivity contribution in [2.75, 3.05) is 0 Å². The average Bonchev–Trinajstić information content (AvgIpc) is 2.59. The van der Waals surface area contributed by atoms with Crippen LogP contribution in [0.4, 0.5) is 0 Å². The summed E-state index contributed by atoms with van der Waals surface area (Å²) in [6, 6.07) is 19.2. The molecule has 0 N–H and O–H groups in total. The Labute approximate surface area is 132 Å². The largest absolute Gasteiger partial charge is 0.455 e. The second-order valence-corrected chi connectivity index (χ2v) is 5.22. The highest BCUT2D eigenvalue weighted by Gasteiger charge is 2.12. The fourth-order valence-electron chi connectivity index (χ4n) is 2.16. The molecule has 2 nitrogen and oxygen atoms in total. The summed E-state index contributed by atoms with van der Waals surface area (Å²) in [6.07, 6.45) is 6.76. The lowest BCUT2D eigenvalue weighted by atomic mass is 10.1. The number of unbranched alkanes of at least 4 members (excludes halogenated alkanes) is 1. The first-order valence-corrected chi connectivity index (χ1v) is 7.79. The number of hydrogen-bond donors (Lipinski definition) is 0. The molecule has 0 aliphatic carbocycles. The number of carbonyl (C=O) groups excluding carboxylic acids is 1.